The van der Waals surface area contributed by atoms with Crippen LogP contribution in [0.4, 0.5) is 4.79 Å². The highest BCUT2D eigenvalue weighted by Gasteiger charge is 2.20. The molecule has 1 aromatic carbocycles. The minimum Gasteiger partial charge on any atom is -0.338 e. The molecule has 1 aliphatic heterocycles. The van der Waals surface area contributed by atoms with Crippen LogP contribution in [0.25, 0.3) is 0 Å². The monoisotopic (exact) mass is 386 g/mol. The second-order valence-corrected chi connectivity index (χ2v) is 8.46. The number of amides is 2. The molecule has 2 amide bonds. The Kier molecular flexibility index (Phi) is 8.62. The normalized spacial score (nSPS) is 19.6. The molecule has 0 bridgehead atoms. The molecule has 0 spiro atoms. The first-order valence-corrected chi connectivity index (χ1v) is 11.2. The zero-order valence-electron chi connectivity index (χ0n) is 17.6. The third kappa shape index (κ3) is 6.78. The number of hydrogen-bond donors (Lipinski definition) is 1. The molecular formula is C23H38N4O. The zero-order chi connectivity index (χ0) is 19.6. The van der Waals surface area contributed by atoms with Gasteiger partial charge in [-0.1, -0.05) is 49.6 Å². The van der Waals surface area contributed by atoms with Crippen LogP contribution in [0.1, 0.15) is 50.5 Å². The SMILES string of the molecule is CN(CCCNC(=O)N1CCCN(Cc2ccccc2)CC1)C1CCCCC1. The van der Waals surface area contributed by atoms with E-state index in [1.165, 1.54) is 37.7 Å². The number of carbonyl (C=O) groups is 1. The zero-order valence-corrected chi connectivity index (χ0v) is 17.6. The highest BCUT2D eigenvalue weighted by Crippen LogP contribution is 2.21. The Balaban J connectivity index is 1.32. The molecule has 0 atom stereocenters. The molecule has 0 unspecified atom stereocenters. The average molecular weight is 387 g/mol. The second-order valence-electron chi connectivity index (χ2n) is 8.46. The number of rotatable bonds is 7. The van der Waals surface area contributed by atoms with E-state index in [0.29, 0.717) is 0 Å². The highest BCUT2D eigenvalue weighted by atomic mass is 16.2. The number of nitrogens with one attached hydrogen (secondary N) is 1. The molecule has 5 heteroatoms. The van der Waals surface area contributed by atoms with Gasteiger partial charge in [-0.3, -0.25) is 4.90 Å². The van der Waals surface area contributed by atoms with Gasteiger partial charge in [-0.15, -0.1) is 0 Å². The van der Waals surface area contributed by atoms with Crippen molar-refractivity contribution in [2.24, 2.45) is 0 Å². The predicted octanol–water partition coefficient (Wildman–Crippen LogP) is 3.56. The standard InChI is InChI=1S/C23H38N4O/c1-25(22-12-6-3-7-13-22)15-8-14-24-23(28)27-17-9-16-26(18-19-27)20-21-10-4-2-5-11-21/h2,4-5,10-11,22H,3,6-9,12-20H2,1H3,(H,24,28). The number of hydrogen-bond acceptors (Lipinski definition) is 3. The Bertz CT molecular complexity index is 573. The predicted molar refractivity (Wildman–Crippen MR) is 115 cm³/mol. The summed E-state index contributed by atoms with van der Waals surface area (Å²) in [5.74, 6) is 0. The van der Waals surface area contributed by atoms with Gasteiger partial charge >= 0.3 is 6.03 Å². The van der Waals surface area contributed by atoms with Crippen LogP contribution >= 0.6 is 0 Å². The highest BCUT2D eigenvalue weighted by molar-refractivity contribution is 5.74. The van der Waals surface area contributed by atoms with Gasteiger partial charge in [0.15, 0.2) is 0 Å². The van der Waals surface area contributed by atoms with Crippen LogP contribution in [0.15, 0.2) is 30.3 Å². The lowest BCUT2D eigenvalue weighted by atomic mass is 9.94. The molecule has 1 aliphatic carbocycles. The van der Waals surface area contributed by atoms with E-state index in [1.54, 1.807) is 0 Å². The summed E-state index contributed by atoms with van der Waals surface area (Å²) in [4.78, 5) is 19.5. The quantitative estimate of drug-likeness (QED) is 0.728. The second kappa shape index (κ2) is 11.4. The van der Waals surface area contributed by atoms with Gasteiger partial charge in [-0.25, -0.2) is 4.79 Å². The van der Waals surface area contributed by atoms with Crippen LogP contribution in [0.5, 0.6) is 0 Å². The molecule has 28 heavy (non-hydrogen) atoms. The molecule has 156 valence electrons. The first kappa shape index (κ1) is 21.1. The van der Waals surface area contributed by atoms with Crippen LogP contribution in [-0.2, 0) is 6.54 Å². The number of urea groups is 1. The molecule has 0 aromatic heterocycles. The van der Waals surface area contributed by atoms with E-state index < -0.39 is 0 Å². The van der Waals surface area contributed by atoms with Crippen LogP contribution in [0.3, 0.4) is 0 Å². The van der Waals surface area contributed by atoms with E-state index >= 15 is 0 Å². The van der Waals surface area contributed by atoms with Gasteiger partial charge < -0.3 is 15.1 Å². The third-order valence-electron chi connectivity index (χ3n) is 6.29. The molecule has 1 heterocycles. The minimum absolute atomic E-state index is 0.113. The van der Waals surface area contributed by atoms with Gasteiger partial charge in [0.1, 0.15) is 0 Å². The van der Waals surface area contributed by atoms with Gasteiger partial charge in [0, 0.05) is 45.3 Å². The summed E-state index contributed by atoms with van der Waals surface area (Å²) in [6.07, 6.45) is 8.92. The van der Waals surface area contributed by atoms with Gasteiger partial charge in [-0.05, 0) is 44.8 Å². The summed E-state index contributed by atoms with van der Waals surface area (Å²) in [7, 11) is 2.24. The lowest BCUT2D eigenvalue weighted by molar-refractivity contribution is 0.184. The van der Waals surface area contributed by atoms with Crippen molar-refractivity contribution in [1.82, 2.24) is 20.0 Å². The van der Waals surface area contributed by atoms with Crippen molar-refractivity contribution < 1.29 is 4.79 Å². The maximum absolute atomic E-state index is 12.5. The Hall–Kier alpha value is -1.59. The molecule has 1 N–H and O–H groups in total. The Morgan fingerprint density at radius 2 is 1.82 bits per heavy atom. The lowest BCUT2D eigenvalue weighted by Gasteiger charge is -2.31. The van der Waals surface area contributed by atoms with Gasteiger partial charge in [-0.2, -0.15) is 0 Å². The van der Waals surface area contributed by atoms with Crippen LogP contribution in [0.2, 0.25) is 0 Å². The summed E-state index contributed by atoms with van der Waals surface area (Å²) < 4.78 is 0. The maximum atomic E-state index is 12.5. The first-order chi connectivity index (χ1) is 13.7. The van der Waals surface area contributed by atoms with E-state index in [-0.39, 0.29) is 6.03 Å². The molecule has 1 saturated heterocycles. The molecule has 1 aromatic rings. The Morgan fingerprint density at radius 1 is 1.04 bits per heavy atom. The average Bonchev–Trinajstić information content (AvgIpc) is 2.98. The van der Waals surface area contributed by atoms with E-state index in [0.717, 1.165) is 64.7 Å². The van der Waals surface area contributed by atoms with Crippen molar-refractivity contribution in [3.63, 3.8) is 0 Å². The van der Waals surface area contributed by atoms with Crippen LogP contribution in [0, 0.1) is 0 Å². The van der Waals surface area contributed by atoms with Crippen molar-refractivity contribution in [3.05, 3.63) is 35.9 Å². The summed E-state index contributed by atoms with van der Waals surface area (Å²) in [6.45, 7) is 6.52. The topological polar surface area (TPSA) is 38.8 Å². The molecule has 5 nitrogen and oxygen atoms in total. The summed E-state index contributed by atoms with van der Waals surface area (Å²) in [5.41, 5.74) is 1.35. The largest absolute Gasteiger partial charge is 0.338 e. The third-order valence-corrected chi connectivity index (χ3v) is 6.29. The molecule has 3 rings (SSSR count). The molecule has 2 fully saturated rings. The summed E-state index contributed by atoms with van der Waals surface area (Å²) in [6, 6.07) is 11.5. The molecule has 1 saturated carbocycles. The molecular weight excluding hydrogens is 348 g/mol. The van der Waals surface area contributed by atoms with Gasteiger partial charge in [0.05, 0.1) is 0 Å². The van der Waals surface area contributed by atoms with E-state index in [9.17, 15) is 4.79 Å². The van der Waals surface area contributed by atoms with Crippen molar-refractivity contribution >= 4 is 6.03 Å². The van der Waals surface area contributed by atoms with E-state index in [1.807, 2.05) is 4.90 Å². The van der Waals surface area contributed by atoms with E-state index in [4.69, 9.17) is 0 Å². The number of benzene rings is 1. The van der Waals surface area contributed by atoms with Gasteiger partial charge in [0.25, 0.3) is 0 Å². The van der Waals surface area contributed by atoms with Crippen LogP contribution < -0.4 is 5.32 Å². The minimum atomic E-state index is 0.113. The molecule has 2 aliphatic rings. The first-order valence-electron chi connectivity index (χ1n) is 11.2. The van der Waals surface area contributed by atoms with Crippen molar-refractivity contribution in [1.29, 1.82) is 0 Å². The molecule has 0 radical (unpaired) electrons. The van der Waals surface area contributed by atoms with Crippen molar-refractivity contribution in [2.45, 2.75) is 57.5 Å². The Morgan fingerprint density at radius 3 is 2.61 bits per heavy atom. The van der Waals surface area contributed by atoms with E-state index in [2.05, 4.69) is 52.5 Å². The fourth-order valence-electron chi connectivity index (χ4n) is 4.51. The van der Waals surface area contributed by atoms with Gasteiger partial charge in [0.2, 0.25) is 0 Å². The lowest BCUT2D eigenvalue weighted by Crippen LogP contribution is -2.43. The fraction of sp³-hybridized carbons (Fsp3) is 0.696. The van der Waals surface area contributed by atoms with Crippen LogP contribution in [-0.4, -0.2) is 73.1 Å². The number of carbonyl (C=O) groups excluding carboxylic acids is 1. The number of nitrogens with zero attached hydrogens (tertiary/aromatic N) is 3. The Labute approximate surface area is 171 Å². The van der Waals surface area contributed by atoms with Crippen molar-refractivity contribution in [2.75, 3.05) is 46.3 Å². The van der Waals surface area contributed by atoms with Crippen molar-refractivity contribution in [3.8, 4) is 0 Å². The summed E-state index contributed by atoms with van der Waals surface area (Å²) in [5, 5.41) is 3.14. The fourth-order valence-corrected chi connectivity index (χ4v) is 4.51. The maximum Gasteiger partial charge on any atom is 0.317 e. The smallest absolute Gasteiger partial charge is 0.317 e. The summed E-state index contributed by atoms with van der Waals surface area (Å²) >= 11 is 0.